The average molecular weight is 178 g/mol. The van der Waals surface area contributed by atoms with Crippen molar-refractivity contribution in [3.63, 3.8) is 0 Å². The van der Waals surface area contributed by atoms with Gasteiger partial charge in [-0.15, -0.1) is 0 Å². The molecule has 0 aromatic heterocycles. The maximum Gasteiger partial charge on any atom is 0.114 e. The third-order valence-corrected chi connectivity index (χ3v) is 1.60. The van der Waals surface area contributed by atoms with Gasteiger partial charge in [0, 0.05) is 12.2 Å². The van der Waals surface area contributed by atoms with Gasteiger partial charge in [-0.25, -0.2) is 4.39 Å². The second-order valence-corrected chi connectivity index (χ2v) is 2.85. The van der Waals surface area contributed by atoms with Gasteiger partial charge in [-0.3, -0.25) is 0 Å². The van der Waals surface area contributed by atoms with E-state index in [0.29, 0.717) is 12.1 Å². The van der Waals surface area contributed by atoms with Crippen molar-refractivity contribution in [2.75, 3.05) is 11.9 Å². The van der Waals surface area contributed by atoms with Crippen molar-refractivity contribution in [2.24, 2.45) is 0 Å². The van der Waals surface area contributed by atoms with Crippen LogP contribution in [0.3, 0.4) is 0 Å². The third kappa shape index (κ3) is 3.12. The van der Waals surface area contributed by atoms with E-state index in [1.54, 1.807) is 24.3 Å². The molecule has 2 nitrogen and oxygen atoms in total. The number of anilines is 1. The van der Waals surface area contributed by atoms with Gasteiger partial charge in [0.15, 0.2) is 0 Å². The maximum atomic E-state index is 12.4. The Kier molecular flexibility index (Phi) is 3.27. The van der Waals surface area contributed by atoms with Crippen molar-refractivity contribution < 1.29 is 4.39 Å². The zero-order chi connectivity index (χ0) is 9.68. The van der Waals surface area contributed by atoms with Crippen LogP contribution >= 0.6 is 0 Å². The van der Waals surface area contributed by atoms with Gasteiger partial charge in [-0.2, -0.15) is 5.26 Å². The predicted molar refractivity (Wildman–Crippen MR) is 50.2 cm³/mol. The minimum Gasteiger partial charge on any atom is -0.382 e. The largest absolute Gasteiger partial charge is 0.382 e. The van der Waals surface area contributed by atoms with Gasteiger partial charge in [0.1, 0.15) is 6.17 Å². The molecule has 0 spiro atoms. The monoisotopic (exact) mass is 178 g/mol. The molecule has 1 aromatic rings. The lowest BCUT2D eigenvalue weighted by atomic mass is 10.2. The molecule has 0 fully saturated rings. The van der Waals surface area contributed by atoms with Crippen LogP contribution < -0.4 is 5.32 Å². The molecule has 1 aromatic carbocycles. The number of hydrogen-bond donors (Lipinski definition) is 1. The van der Waals surface area contributed by atoms with Crippen LogP contribution in [0.25, 0.3) is 0 Å². The summed E-state index contributed by atoms with van der Waals surface area (Å²) >= 11 is 0. The molecule has 0 radical (unpaired) electrons. The Morgan fingerprint density at radius 2 is 2.08 bits per heavy atom. The van der Waals surface area contributed by atoms with Gasteiger partial charge in [0.25, 0.3) is 0 Å². The summed E-state index contributed by atoms with van der Waals surface area (Å²) in [7, 11) is 0. The Balaban J connectivity index is 2.55. The number of nitrogens with zero attached hydrogens (tertiary/aromatic N) is 1. The second kappa shape index (κ2) is 4.46. The fraction of sp³-hybridized carbons (Fsp3) is 0.300. The third-order valence-electron chi connectivity index (χ3n) is 1.60. The Labute approximate surface area is 77.0 Å². The fourth-order valence-corrected chi connectivity index (χ4v) is 0.921. The Morgan fingerprint density at radius 1 is 1.46 bits per heavy atom. The summed E-state index contributed by atoms with van der Waals surface area (Å²) in [6.45, 7) is 1.79. The molecule has 68 valence electrons. The van der Waals surface area contributed by atoms with Crippen LogP contribution in [0, 0.1) is 11.3 Å². The number of nitrogens with one attached hydrogen (secondary N) is 1. The highest BCUT2D eigenvalue weighted by Crippen LogP contribution is 2.08. The predicted octanol–water partition coefficient (Wildman–Crippen LogP) is 2.33. The van der Waals surface area contributed by atoms with Gasteiger partial charge in [-0.1, -0.05) is 0 Å². The normalized spacial score (nSPS) is 11.8. The summed E-state index contributed by atoms with van der Waals surface area (Å²) < 4.78 is 12.4. The number of alkyl halides is 1. The molecule has 0 amide bonds. The highest BCUT2D eigenvalue weighted by atomic mass is 19.1. The number of hydrogen-bond acceptors (Lipinski definition) is 2. The number of nitriles is 1. The highest BCUT2D eigenvalue weighted by molar-refractivity contribution is 5.47. The van der Waals surface area contributed by atoms with Crippen molar-refractivity contribution in [3.8, 4) is 6.07 Å². The maximum absolute atomic E-state index is 12.4. The van der Waals surface area contributed by atoms with E-state index >= 15 is 0 Å². The topological polar surface area (TPSA) is 35.8 Å². The minimum atomic E-state index is -0.865. The van der Waals surface area contributed by atoms with E-state index in [1.807, 2.05) is 6.07 Å². The molecule has 1 atom stereocenters. The van der Waals surface area contributed by atoms with E-state index in [-0.39, 0.29) is 0 Å². The molecule has 0 aliphatic rings. The van der Waals surface area contributed by atoms with E-state index in [0.717, 1.165) is 5.69 Å². The molecule has 0 heterocycles. The summed E-state index contributed by atoms with van der Waals surface area (Å²) in [6, 6.07) is 8.95. The molecule has 0 bridgehead atoms. The van der Waals surface area contributed by atoms with E-state index in [9.17, 15) is 4.39 Å². The number of benzene rings is 1. The highest BCUT2D eigenvalue weighted by Gasteiger charge is 1.97. The Hall–Kier alpha value is -1.56. The molecule has 0 aliphatic carbocycles. The van der Waals surface area contributed by atoms with Gasteiger partial charge in [-0.05, 0) is 31.2 Å². The molecular weight excluding hydrogens is 167 g/mol. The molecule has 1 unspecified atom stereocenters. The lowest BCUT2D eigenvalue weighted by Gasteiger charge is -2.06. The van der Waals surface area contributed by atoms with Crippen LogP contribution in [0.2, 0.25) is 0 Å². The SMILES string of the molecule is CC(F)CNc1ccc(C#N)cc1. The lowest BCUT2D eigenvalue weighted by molar-refractivity contribution is 0.378. The van der Waals surface area contributed by atoms with Crippen molar-refractivity contribution in [2.45, 2.75) is 13.1 Å². The average Bonchev–Trinajstić information content (AvgIpc) is 2.15. The quantitative estimate of drug-likeness (QED) is 0.771. The molecule has 0 saturated carbocycles. The Morgan fingerprint density at radius 3 is 2.54 bits per heavy atom. The molecule has 0 saturated heterocycles. The zero-order valence-corrected chi connectivity index (χ0v) is 7.42. The van der Waals surface area contributed by atoms with Crippen LogP contribution in [0.15, 0.2) is 24.3 Å². The summed E-state index contributed by atoms with van der Waals surface area (Å²) in [5, 5.41) is 11.4. The van der Waals surface area contributed by atoms with Crippen LogP contribution in [0.1, 0.15) is 12.5 Å². The molecule has 1 rings (SSSR count). The first kappa shape index (κ1) is 9.53. The fourth-order valence-electron chi connectivity index (χ4n) is 0.921. The van der Waals surface area contributed by atoms with Crippen molar-refractivity contribution in [3.05, 3.63) is 29.8 Å². The molecule has 3 heteroatoms. The van der Waals surface area contributed by atoms with Crippen LogP contribution in [-0.2, 0) is 0 Å². The van der Waals surface area contributed by atoms with E-state index < -0.39 is 6.17 Å². The Bertz CT molecular complexity index is 298. The van der Waals surface area contributed by atoms with Gasteiger partial charge in [0.2, 0.25) is 0 Å². The van der Waals surface area contributed by atoms with Gasteiger partial charge >= 0.3 is 0 Å². The zero-order valence-electron chi connectivity index (χ0n) is 7.42. The molecule has 13 heavy (non-hydrogen) atoms. The van der Waals surface area contributed by atoms with Crippen molar-refractivity contribution >= 4 is 5.69 Å². The lowest BCUT2D eigenvalue weighted by Crippen LogP contribution is -2.11. The molecule has 0 aliphatic heterocycles. The summed E-state index contributed by atoms with van der Waals surface area (Å²) in [5.41, 5.74) is 1.45. The summed E-state index contributed by atoms with van der Waals surface area (Å²) in [4.78, 5) is 0. The number of rotatable bonds is 3. The van der Waals surface area contributed by atoms with Crippen LogP contribution in [0.5, 0.6) is 0 Å². The number of halogens is 1. The van der Waals surface area contributed by atoms with Crippen LogP contribution in [-0.4, -0.2) is 12.7 Å². The van der Waals surface area contributed by atoms with E-state index in [4.69, 9.17) is 5.26 Å². The minimum absolute atomic E-state index is 0.298. The van der Waals surface area contributed by atoms with E-state index in [1.165, 1.54) is 6.92 Å². The van der Waals surface area contributed by atoms with Crippen molar-refractivity contribution in [1.29, 1.82) is 5.26 Å². The summed E-state index contributed by atoms with van der Waals surface area (Å²) in [5.74, 6) is 0. The van der Waals surface area contributed by atoms with Crippen molar-refractivity contribution in [1.82, 2.24) is 0 Å². The molecule has 1 N–H and O–H groups in total. The first-order valence-corrected chi connectivity index (χ1v) is 4.10. The summed E-state index contributed by atoms with van der Waals surface area (Å²) in [6.07, 6.45) is -0.865. The van der Waals surface area contributed by atoms with Crippen LogP contribution in [0.4, 0.5) is 10.1 Å². The molecular formula is C10H11FN2. The van der Waals surface area contributed by atoms with Gasteiger partial charge in [0.05, 0.1) is 11.6 Å². The van der Waals surface area contributed by atoms with Gasteiger partial charge < -0.3 is 5.32 Å². The standard InChI is InChI=1S/C10H11FN2/c1-8(11)7-13-10-4-2-9(6-12)3-5-10/h2-5,8,13H,7H2,1H3. The first-order valence-electron chi connectivity index (χ1n) is 4.10. The first-order chi connectivity index (χ1) is 6.22. The van der Waals surface area contributed by atoms with E-state index in [2.05, 4.69) is 5.32 Å². The smallest absolute Gasteiger partial charge is 0.114 e. The second-order valence-electron chi connectivity index (χ2n) is 2.85.